The molecule has 0 saturated heterocycles. The van der Waals surface area contributed by atoms with Gasteiger partial charge in [-0.3, -0.25) is 4.40 Å². The Bertz CT molecular complexity index is 846. The standard InChI is InChI=1S/C14H9F2N3O2/c15-9-3-4-11(16)10(6-9)12-14(18-21)19-5-1-2-8(7-20)13(19)17-12/h1-6,20H,7H2. The lowest BCUT2D eigenvalue weighted by Gasteiger charge is -2.00. The Kier molecular flexibility index (Phi) is 3.19. The molecule has 0 spiro atoms. The number of imidazole rings is 1. The van der Waals surface area contributed by atoms with E-state index in [-0.39, 0.29) is 29.3 Å². The summed E-state index contributed by atoms with van der Waals surface area (Å²) >= 11 is 0. The monoisotopic (exact) mass is 289 g/mol. The van der Waals surface area contributed by atoms with Crippen LogP contribution < -0.4 is 0 Å². The second-order valence-electron chi connectivity index (χ2n) is 4.38. The number of rotatable bonds is 3. The SMILES string of the molecule is O=Nc1c(-c2cc(F)ccc2F)nc2c(CO)cccn12. The van der Waals surface area contributed by atoms with Crippen LogP contribution in [0.15, 0.2) is 41.7 Å². The molecule has 106 valence electrons. The van der Waals surface area contributed by atoms with Crippen molar-refractivity contribution in [3.8, 4) is 11.3 Å². The number of pyridine rings is 1. The molecule has 3 rings (SSSR count). The number of hydrogen-bond donors (Lipinski definition) is 1. The predicted octanol–water partition coefficient (Wildman–Crippen LogP) is 3.17. The first-order valence-electron chi connectivity index (χ1n) is 6.05. The van der Waals surface area contributed by atoms with Gasteiger partial charge in [0.2, 0.25) is 5.82 Å². The number of aliphatic hydroxyl groups is 1. The summed E-state index contributed by atoms with van der Waals surface area (Å²) in [4.78, 5) is 15.2. The van der Waals surface area contributed by atoms with Gasteiger partial charge < -0.3 is 5.11 Å². The zero-order valence-electron chi connectivity index (χ0n) is 10.6. The lowest BCUT2D eigenvalue weighted by molar-refractivity contribution is 0.282. The third-order valence-corrected chi connectivity index (χ3v) is 3.15. The van der Waals surface area contributed by atoms with Crippen LogP contribution in [0.3, 0.4) is 0 Å². The van der Waals surface area contributed by atoms with Crippen molar-refractivity contribution in [1.82, 2.24) is 9.38 Å². The van der Waals surface area contributed by atoms with Crippen LogP contribution in [0, 0.1) is 16.5 Å². The van der Waals surface area contributed by atoms with Crippen molar-refractivity contribution in [2.75, 3.05) is 0 Å². The highest BCUT2D eigenvalue weighted by Gasteiger charge is 2.19. The molecular formula is C14H9F2N3O2. The van der Waals surface area contributed by atoms with Gasteiger partial charge in [0.15, 0.2) is 0 Å². The van der Waals surface area contributed by atoms with Gasteiger partial charge in [-0.1, -0.05) is 6.07 Å². The van der Waals surface area contributed by atoms with Gasteiger partial charge in [-0.2, -0.15) is 0 Å². The van der Waals surface area contributed by atoms with Crippen molar-refractivity contribution in [3.05, 3.63) is 58.6 Å². The van der Waals surface area contributed by atoms with Crippen LogP contribution in [0.1, 0.15) is 5.56 Å². The Morgan fingerprint density at radius 3 is 2.81 bits per heavy atom. The molecule has 2 heterocycles. The first kappa shape index (κ1) is 13.3. The largest absolute Gasteiger partial charge is 0.392 e. The molecule has 21 heavy (non-hydrogen) atoms. The summed E-state index contributed by atoms with van der Waals surface area (Å²) in [7, 11) is 0. The molecule has 0 saturated carbocycles. The van der Waals surface area contributed by atoms with Crippen molar-refractivity contribution in [2.45, 2.75) is 6.61 Å². The topological polar surface area (TPSA) is 67.0 Å². The van der Waals surface area contributed by atoms with Crippen molar-refractivity contribution in [3.63, 3.8) is 0 Å². The minimum atomic E-state index is -0.713. The second-order valence-corrected chi connectivity index (χ2v) is 4.38. The van der Waals surface area contributed by atoms with Gasteiger partial charge in [0.05, 0.1) is 6.61 Å². The maximum Gasteiger partial charge on any atom is 0.209 e. The molecule has 1 N–H and O–H groups in total. The zero-order valence-corrected chi connectivity index (χ0v) is 10.6. The summed E-state index contributed by atoms with van der Waals surface area (Å²) in [5.41, 5.74) is 0.499. The third kappa shape index (κ3) is 2.07. The average Bonchev–Trinajstić information content (AvgIpc) is 2.87. The van der Waals surface area contributed by atoms with E-state index in [1.807, 2.05) is 0 Å². The van der Waals surface area contributed by atoms with Gasteiger partial charge in [-0.25, -0.2) is 13.8 Å². The number of hydrogen-bond acceptors (Lipinski definition) is 4. The van der Waals surface area contributed by atoms with E-state index in [0.29, 0.717) is 5.56 Å². The summed E-state index contributed by atoms with van der Waals surface area (Å²) in [6.45, 7) is -0.301. The summed E-state index contributed by atoms with van der Waals surface area (Å²) in [6.07, 6.45) is 1.51. The van der Waals surface area contributed by atoms with Gasteiger partial charge in [0, 0.05) is 17.3 Å². The Morgan fingerprint density at radius 2 is 2.10 bits per heavy atom. The Balaban J connectivity index is 2.37. The lowest BCUT2D eigenvalue weighted by Crippen LogP contribution is -1.90. The van der Waals surface area contributed by atoms with Crippen LogP contribution in [0.4, 0.5) is 14.6 Å². The van der Waals surface area contributed by atoms with Gasteiger partial charge >= 0.3 is 0 Å². The smallest absolute Gasteiger partial charge is 0.209 e. The molecule has 5 nitrogen and oxygen atoms in total. The number of aromatic nitrogens is 2. The first-order valence-corrected chi connectivity index (χ1v) is 6.05. The number of fused-ring (bicyclic) bond motifs is 1. The van der Waals surface area contributed by atoms with Crippen LogP contribution in [-0.2, 0) is 6.61 Å². The highest BCUT2D eigenvalue weighted by Crippen LogP contribution is 2.33. The minimum absolute atomic E-state index is 0.0668. The van der Waals surface area contributed by atoms with Crippen LogP contribution >= 0.6 is 0 Å². The molecule has 0 radical (unpaired) electrons. The Labute approximate surface area is 117 Å². The second kappa shape index (κ2) is 5.02. The zero-order chi connectivity index (χ0) is 15.0. The molecule has 0 unspecified atom stereocenters. The fourth-order valence-corrected chi connectivity index (χ4v) is 2.18. The molecular weight excluding hydrogens is 280 g/mol. The molecule has 0 aliphatic carbocycles. The highest BCUT2D eigenvalue weighted by atomic mass is 19.1. The van der Waals surface area contributed by atoms with Crippen molar-refractivity contribution in [1.29, 1.82) is 0 Å². The normalized spacial score (nSPS) is 11.0. The van der Waals surface area contributed by atoms with Gasteiger partial charge in [-0.05, 0) is 29.4 Å². The molecule has 7 heteroatoms. The molecule has 2 aromatic heterocycles. The average molecular weight is 289 g/mol. The number of benzene rings is 1. The Hall–Kier alpha value is -2.67. The molecule has 1 aromatic carbocycles. The lowest BCUT2D eigenvalue weighted by atomic mass is 10.1. The summed E-state index contributed by atoms with van der Waals surface area (Å²) < 4.78 is 28.5. The van der Waals surface area contributed by atoms with Crippen LogP contribution in [0.2, 0.25) is 0 Å². The molecule has 0 atom stereocenters. The molecule has 0 amide bonds. The maximum atomic E-state index is 13.9. The van der Waals surface area contributed by atoms with Gasteiger partial charge in [0.25, 0.3) is 0 Å². The van der Waals surface area contributed by atoms with E-state index in [2.05, 4.69) is 10.2 Å². The maximum absolute atomic E-state index is 13.9. The summed E-state index contributed by atoms with van der Waals surface area (Å²) in [5.74, 6) is -1.51. The van der Waals surface area contributed by atoms with Gasteiger partial charge in [0.1, 0.15) is 23.0 Å². The fraction of sp³-hybridized carbons (Fsp3) is 0.0714. The van der Waals surface area contributed by atoms with E-state index in [0.717, 1.165) is 18.2 Å². The molecule has 0 fully saturated rings. The van der Waals surface area contributed by atoms with Crippen LogP contribution in [-0.4, -0.2) is 14.5 Å². The van der Waals surface area contributed by atoms with Crippen molar-refractivity contribution in [2.24, 2.45) is 5.18 Å². The van der Waals surface area contributed by atoms with E-state index in [1.165, 1.54) is 10.6 Å². The van der Waals surface area contributed by atoms with E-state index >= 15 is 0 Å². The Morgan fingerprint density at radius 1 is 1.29 bits per heavy atom. The van der Waals surface area contributed by atoms with Crippen LogP contribution in [0.5, 0.6) is 0 Å². The number of halogens is 2. The van der Waals surface area contributed by atoms with E-state index in [4.69, 9.17) is 0 Å². The van der Waals surface area contributed by atoms with Crippen molar-refractivity contribution < 1.29 is 13.9 Å². The number of nitroso groups, excluding NO2 is 1. The van der Waals surface area contributed by atoms with Gasteiger partial charge in [-0.15, -0.1) is 4.91 Å². The fourth-order valence-electron chi connectivity index (χ4n) is 2.18. The number of nitrogens with zero attached hydrogens (tertiary/aromatic N) is 3. The minimum Gasteiger partial charge on any atom is -0.392 e. The van der Waals surface area contributed by atoms with E-state index in [9.17, 15) is 18.8 Å². The van der Waals surface area contributed by atoms with Crippen molar-refractivity contribution >= 4 is 11.5 Å². The highest BCUT2D eigenvalue weighted by molar-refractivity contribution is 5.75. The van der Waals surface area contributed by atoms with E-state index < -0.39 is 11.6 Å². The van der Waals surface area contributed by atoms with E-state index in [1.54, 1.807) is 12.1 Å². The summed E-state index contributed by atoms with van der Waals surface area (Å²) in [5, 5.41) is 12.1. The van der Waals surface area contributed by atoms with Crippen LogP contribution in [0.25, 0.3) is 16.9 Å². The molecule has 3 aromatic rings. The molecule has 0 aliphatic heterocycles. The quantitative estimate of drug-likeness (QED) is 0.753. The molecule has 0 bridgehead atoms. The third-order valence-electron chi connectivity index (χ3n) is 3.15. The molecule has 0 aliphatic rings. The summed E-state index contributed by atoms with van der Waals surface area (Å²) in [6, 6.07) is 6.09. The first-order chi connectivity index (χ1) is 10.2. The predicted molar refractivity (Wildman–Crippen MR) is 71.9 cm³/mol. The number of aliphatic hydroxyl groups excluding tert-OH is 1.